The van der Waals surface area contributed by atoms with Crippen LogP contribution in [0.4, 0.5) is 11.4 Å². The minimum absolute atomic E-state index is 0.141. The topological polar surface area (TPSA) is 87.6 Å². The van der Waals surface area contributed by atoms with E-state index in [1.807, 2.05) is 30.3 Å². The molecule has 0 spiro atoms. The maximum Gasteiger partial charge on any atom is 0.435 e. The highest BCUT2D eigenvalue weighted by Crippen LogP contribution is 2.51. The normalized spacial score (nSPS) is 11.0. The second-order valence-corrected chi connectivity index (χ2v) is 7.48. The van der Waals surface area contributed by atoms with Crippen LogP contribution in [0.25, 0.3) is 0 Å². The zero-order valence-corrected chi connectivity index (χ0v) is 14.4. The van der Waals surface area contributed by atoms with Crippen LogP contribution >= 0.6 is 7.60 Å². The molecule has 0 heterocycles. The summed E-state index contributed by atoms with van der Waals surface area (Å²) in [5, 5.41) is 0. The lowest BCUT2D eigenvalue weighted by molar-refractivity contribution is 0.384. The molecule has 0 aliphatic carbocycles. The van der Waals surface area contributed by atoms with Crippen LogP contribution in [0.3, 0.4) is 0 Å². The summed E-state index contributed by atoms with van der Waals surface area (Å²) in [6.45, 7) is 0. The van der Waals surface area contributed by atoms with Gasteiger partial charge in [-0.2, -0.15) is 0 Å². The van der Waals surface area contributed by atoms with Crippen LogP contribution in [0.1, 0.15) is 5.56 Å². The molecule has 5 nitrogen and oxygen atoms in total. The van der Waals surface area contributed by atoms with Gasteiger partial charge in [0.15, 0.2) is 0 Å². The van der Waals surface area contributed by atoms with Crippen molar-refractivity contribution in [2.45, 2.75) is 6.16 Å². The van der Waals surface area contributed by atoms with Gasteiger partial charge in [-0.25, -0.2) is 4.57 Å². The van der Waals surface area contributed by atoms with E-state index in [-0.39, 0.29) is 6.16 Å². The van der Waals surface area contributed by atoms with Crippen molar-refractivity contribution >= 4 is 19.0 Å². The molecule has 0 saturated heterocycles. The predicted octanol–water partition coefficient (Wildman–Crippen LogP) is 4.70. The first kappa shape index (κ1) is 16.9. The van der Waals surface area contributed by atoms with E-state index >= 15 is 0 Å². The number of benzene rings is 3. The summed E-state index contributed by atoms with van der Waals surface area (Å²) in [6.07, 6.45) is 0.141. The van der Waals surface area contributed by atoms with E-state index in [1.165, 1.54) is 0 Å². The molecule has 0 unspecified atom stereocenters. The molecule has 128 valence electrons. The van der Waals surface area contributed by atoms with E-state index in [0.29, 0.717) is 22.9 Å². The molecule has 0 amide bonds. The Morgan fingerprint density at radius 1 is 0.680 bits per heavy atom. The molecule has 3 aromatic rings. The van der Waals surface area contributed by atoms with Gasteiger partial charge in [-0.1, -0.05) is 30.3 Å². The van der Waals surface area contributed by atoms with Crippen LogP contribution < -0.4 is 20.5 Å². The highest BCUT2D eigenvalue weighted by molar-refractivity contribution is 7.53. The third kappa shape index (κ3) is 4.78. The highest BCUT2D eigenvalue weighted by atomic mass is 31.2. The van der Waals surface area contributed by atoms with Gasteiger partial charge in [-0.05, 0) is 54.1 Å². The van der Waals surface area contributed by atoms with Gasteiger partial charge in [0.25, 0.3) is 0 Å². The van der Waals surface area contributed by atoms with Crippen molar-refractivity contribution in [3.63, 3.8) is 0 Å². The molecule has 0 atom stereocenters. The maximum atomic E-state index is 13.4. The summed E-state index contributed by atoms with van der Waals surface area (Å²) in [7, 11) is -3.50. The van der Waals surface area contributed by atoms with Crippen molar-refractivity contribution in [1.29, 1.82) is 0 Å². The Balaban J connectivity index is 1.87. The highest BCUT2D eigenvalue weighted by Gasteiger charge is 2.29. The fourth-order valence-electron chi connectivity index (χ4n) is 2.27. The van der Waals surface area contributed by atoms with Gasteiger partial charge in [0.05, 0.1) is 6.16 Å². The molecule has 6 heteroatoms. The summed E-state index contributed by atoms with van der Waals surface area (Å²) < 4.78 is 24.9. The van der Waals surface area contributed by atoms with Gasteiger partial charge in [-0.15, -0.1) is 0 Å². The fraction of sp³-hybridized carbons (Fsp3) is 0.0526. The molecule has 25 heavy (non-hydrogen) atoms. The zero-order chi connectivity index (χ0) is 17.7. The van der Waals surface area contributed by atoms with Crippen LogP contribution in [0.15, 0.2) is 78.9 Å². The zero-order valence-electron chi connectivity index (χ0n) is 13.5. The van der Waals surface area contributed by atoms with Crippen molar-refractivity contribution in [3.8, 4) is 11.5 Å². The second-order valence-electron chi connectivity index (χ2n) is 5.58. The van der Waals surface area contributed by atoms with Gasteiger partial charge in [0.1, 0.15) is 11.5 Å². The van der Waals surface area contributed by atoms with E-state index < -0.39 is 7.60 Å². The summed E-state index contributed by atoms with van der Waals surface area (Å²) in [5.41, 5.74) is 13.4. The van der Waals surface area contributed by atoms with Crippen molar-refractivity contribution in [2.75, 3.05) is 11.5 Å². The third-order valence-electron chi connectivity index (χ3n) is 3.47. The lowest BCUT2D eigenvalue weighted by Crippen LogP contribution is -2.04. The van der Waals surface area contributed by atoms with Crippen LogP contribution in [0.5, 0.6) is 11.5 Å². The third-order valence-corrected chi connectivity index (χ3v) is 5.20. The Bertz CT molecular complexity index is 814. The van der Waals surface area contributed by atoms with Crippen molar-refractivity contribution in [1.82, 2.24) is 0 Å². The summed E-state index contributed by atoms with van der Waals surface area (Å²) in [5.74, 6) is 0.868. The molecule has 3 aromatic carbocycles. The van der Waals surface area contributed by atoms with Crippen LogP contribution in [-0.2, 0) is 10.7 Å². The average molecular weight is 354 g/mol. The smallest absolute Gasteiger partial charge is 0.416 e. The number of hydrogen-bond acceptors (Lipinski definition) is 5. The molecule has 4 N–H and O–H groups in total. The molecule has 0 aliphatic heterocycles. The van der Waals surface area contributed by atoms with Crippen molar-refractivity contribution in [3.05, 3.63) is 84.4 Å². The summed E-state index contributed by atoms with van der Waals surface area (Å²) in [4.78, 5) is 0. The molecule has 0 bridgehead atoms. The van der Waals surface area contributed by atoms with Crippen molar-refractivity contribution in [2.24, 2.45) is 0 Å². The monoisotopic (exact) mass is 354 g/mol. The molecule has 3 rings (SSSR count). The Kier molecular flexibility index (Phi) is 4.96. The van der Waals surface area contributed by atoms with E-state index in [9.17, 15) is 4.57 Å². The quantitative estimate of drug-likeness (QED) is 0.495. The Morgan fingerprint density at radius 3 is 1.56 bits per heavy atom. The Morgan fingerprint density at radius 2 is 1.12 bits per heavy atom. The summed E-state index contributed by atoms with van der Waals surface area (Å²) in [6, 6.07) is 22.8. The minimum Gasteiger partial charge on any atom is -0.416 e. The number of nitrogens with two attached hydrogens (primary N) is 2. The Hall–Kier alpha value is -2.91. The first-order valence-corrected chi connectivity index (χ1v) is 9.48. The standard InChI is InChI=1S/C19H19N2O3P/c20-16-6-10-18(11-7-16)23-25(22,14-15-4-2-1-3-5-15)24-19-12-8-17(21)9-13-19/h1-13H,14,20-21H2. The van der Waals surface area contributed by atoms with E-state index in [1.54, 1.807) is 48.5 Å². The number of anilines is 2. The van der Waals surface area contributed by atoms with E-state index in [4.69, 9.17) is 20.5 Å². The van der Waals surface area contributed by atoms with E-state index in [0.717, 1.165) is 5.56 Å². The summed E-state index contributed by atoms with van der Waals surface area (Å²) >= 11 is 0. The van der Waals surface area contributed by atoms with Gasteiger partial charge in [0, 0.05) is 11.4 Å². The molecule has 0 saturated carbocycles. The molecule has 0 aliphatic rings. The largest absolute Gasteiger partial charge is 0.435 e. The SMILES string of the molecule is Nc1ccc(OP(=O)(Cc2ccccc2)Oc2ccc(N)cc2)cc1. The average Bonchev–Trinajstić information content (AvgIpc) is 2.60. The number of rotatable bonds is 6. The first-order chi connectivity index (χ1) is 12.0. The molecule has 0 aromatic heterocycles. The fourth-order valence-corrected chi connectivity index (χ4v) is 3.98. The van der Waals surface area contributed by atoms with E-state index in [2.05, 4.69) is 0 Å². The molecule has 0 radical (unpaired) electrons. The first-order valence-electron chi connectivity index (χ1n) is 7.76. The molecule has 0 fully saturated rings. The van der Waals surface area contributed by atoms with Gasteiger partial charge < -0.3 is 20.5 Å². The lowest BCUT2D eigenvalue weighted by Gasteiger charge is -2.20. The van der Waals surface area contributed by atoms with Crippen LogP contribution in [-0.4, -0.2) is 0 Å². The molecular formula is C19H19N2O3P. The lowest BCUT2D eigenvalue weighted by atomic mass is 10.2. The van der Waals surface area contributed by atoms with Gasteiger partial charge >= 0.3 is 7.60 Å². The maximum absolute atomic E-state index is 13.4. The number of hydrogen-bond donors (Lipinski definition) is 2. The molecular weight excluding hydrogens is 335 g/mol. The second kappa shape index (κ2) is 7.32. The van der Waals surface area contributed by atoms with Crippen molar-refractivity contribution < 1.29 is 13.6 Å². The predicted molar refractivity (Wildman–Crippen MR) is 101 cm³/mol. The number of nitrogen functional groups attached to an aromatic ring is 2. The van der Waals surface area contributed by atoms with Crippen LogP contribution in [0, 0.1) is 0 Å². The van der Waals surface area contributed by atoms with Crippen LogP contribution in [0.2, 0.25) is 0 Å². The van der Waals surface area contributed by atoms with Gasteiger partial charge in [0.2, 0.25) is 0 Å². The Labute approximate surface area is 146 Å². The van der Waals surface area contributed by atoms with Gasteiger partial charge in [-0.3, -0.25) is 0 Å². The minimum atomic E-state index is -3.50.